The molecule has 4 amide bonds. The largest absolute Gasteiger partial charge is 0.508 e. The molecule has 282 valence electrons. The number of carboxylic acids is 1. The first kappa shape index (κ1) is 39.0. The predicted molar refractivity (Wildman–Crippen MR) is 201 cm³/mol. The van der Waals surface area contributed by atoms with Crippen LogP contribution in [0.3, 0.4) is 0 Å². The Bertz CT molecular complexity index is 1870. The Morgan fingerprint density at radius 2 is 1.19 bits per heavy atom. The Hall–Kier alpha value is -6.21. The summed E-state index contributed by atoms with van der Waals surface area (Å²) in [7, 11) is 0. The Kier molecular flexibility index (Phi) is 13.8. The Labute approximate surface area is 313 Å². The first-order valence-electron chi connectivity index (χ1n) is 17.9. The van der Waals surface area contributed by atoms with E-state index in [1.807, 2.05) is 78.9 Å². The van der Waals surface area contributed by atoms with Crippen LogP contribution in [0.5, 0.6) is 5.75 Å². The molecule has 0 fully saturated rings. The molecule has 0 heterocycles. The van der Waals surface area contributed by atoms with Crippen LogP contribution in [0.2, 0.25) is 0 Å². The number of benzene rings is 4. The lowest BCUT2D eigenvalue weighted by atomic mass is 9.98. The quantitative estimate of drug-likeness (QED) is 0.0747. The maximum absolute atomic E-state index is 14.0. The molecule has 1 aliphatic carbocycles. The van der Waals surface area contributed by atoms with E-state index in [0.29, 0.717) is 24.9 Å². The van der Waals surface area contributed by atoms with Gasteiger partial charge >= 0.3 is 12.1 Å². The minimum atomic E-state index is -1.27. The number of aliphatic carboxylic acids is 1. The minimum Gasteiger partial charge on any atom is -0.508 e. The van der Waals surface area contributed by atoms with Gasteiger partial charge in [-0.3, -0.25) is 19.2 Å². The molecule has 5 rings (SSSR count). The standard InChI is InChI=1S/C41H45N5O8/c42-21-9-8-16-34(39(51)45-35(38(50)43-24-37(48)49)23-27-17-19-28(47)20-18-27)44-40(52)36(22-26-10-2-1-3-11-26)46-41(53)54-25-33-31-14-6-4-12-29(31)30-13-5-7-15-32(30)33/h1-7,10-15,17-20,33-36,47H,8-9,16,21-25,42H2,(H,43,50)(H,44,52)(H,45,51)(H,46,53)(H,48,49)/t34-,35-,36-/m0/s1. The number of fused-ring (bicyclic) bond motifs is 3. The van der Waals surface area contributed by atoms with Gasteiger partial charge in [0.2, 0.25) is 17.7 Å². The second-order valence-electron chi connectivity index (χ2n) is 13.1. The molecular weight excluding hydrogens is 690 g/mol. The monoisotopic (exact) mass is 735 g/mol. The number of carbonyl (C=O) groups is 5. The number of nitrogens with two attached hydrogens (primary N) is 1. The number of amides is 4. The normalized spacial score (nSPS) is 13.4. The SMILES string of the molecule is NCCCC[C@H](NC(=O)[C@H](Cc1ccccc1)NC(=O)OCC1c2ccccc2-c2ccccc21)C(=O)N[C@@H](Cc1ccc(O)cc1)C(=O)NCC(=O)O. The highest BCUT2D eigenvalue weighted by atomic mass is 16.5. The van der Waals surface area contributed by atoms with E-state index in [0.717, 1.165) is 27.8 Å². The van der Waals surface area contributed by atoms with Crippen molar-refractivity contribution >= 4 is 29.8 Å². The van der Waals surface area contributed by atoms with Crippen LogP contribution in [-0.4, -0.2) is 77.8 Å². The number of unbranched alkanes of at least 4 members (excludes halogenated alkanes) is 1. The summed E-state index contributed by atoms with van der Waals surface area (Å²) >= 11 is 0. The molecule has 54 heavy (non-hydrogen) atoms. The van der Waals surface area contributed by atoms with Crippen LogP contribution >= 0.6 is 0 Å². The van der Waals surface area contributed by atoms with E-state index in [-0.39, 0.29) is 37.5 Å². The predicted octanol–water partition coefficient (Wildman–Crippen LogP) is 3.38. The van der Waals surface area contributed by atoms with Crippen LogP contribution in [0.25, 0.3) is 11.1 Å². The van der Waals surface area contributed by atoms with Crippen molar-refractivity contribution in [3.05, 3.63) is 125 Å². The third-order valence-corrected chi connectivity index (χ3v) is 9.24. The molecule has 0 aromatic heterocycles. The van der Waals surface area contributed by atoms with Crippen molar-refractivity contribution in [3.63, 3.8) is 0 Å². The van der Waals surface area contributed by atoms with Gasteiger partial charge in [0.05, 0.1) is 0 Å². The van der Waals surface area contributed by atoms with Crippen molar-refractivity contribution in [2.45, 2.75) is 56.1 Å². The molecule has 0 radical (unpaired) electrons. The number of carboxylic acid groups (broad SMARTS) is 1. The van der Waals surface area contributed by atoms with Crippen LogP contribution < -0.4 is 27.0 Å². The van der Waals surface area contributed by atoms with Crippen molar-refractivity contribution < 1.29 is 38.9 Å². The second kappa shape index (κ2) is 19.0. The molecular formula is C41H45N5O8. The molecule has 0 saturated carbocycles. The van der Waals surface area contributed by atoms with Gasteiger partial charge in [-0.1, -0.05) is 91.0 Å². The highest BCUT2D eigenvalue weighted by molar-refractivity contribution is 5.94. The number of ether oxygens (including phenoxy) is 1. The number of hydrogen-bond donors (Lipinski definition) is 7. The number of aromatic hydroxyl groups is 1. The lowest BCUT2D eigenvalue weighted by Gasteiger charge is -2.25. The second-order valence-corrected chi connectivity index (χ2v) is 13.1. The van der Waals surface area contributed by atoms with Crippen LogP contribution in [0, 0.1) is 0 Å². The lowest BCUT2D eigenvalue weighted by Crippen LogP contribution is -2.57. The fourth-order valence-corrected chi connectivity index (χ4v) is 6.51. The van der Waals surface area contributed by atoms with Gasteiger partial charge in [0.15, 0.2) is 0 Å². The van der Waals surface area contributed by atoms with Gasteiger partial charge in [0.25, 0.3) is 0 Å². The highest BCUT2D eigenvalue weighted by Crippen LogP contribution is 2.44. The summed E-state index contributed by atoms with van der Waals surface area (Å²) in [4.78, 5) is 65.4. The first-order valence-corrected chi connectivity index (χ1v) is 17.9. The average molecular weight is 736 g/mol. The molecule has 0 unspecified atom stereocenters. The topological polar surface area (TPSA) is 209 Å². The van der Waals surface area contributed by atoms with Gasteiger partial charge < -0.3 is 42.0 Å². The third-order valence-electron chi connectivity index (χ3n) is 9.24. The third kappa shape index (κ3) is 10.7. The van der Waals surface area contributed by atoms with Crippen LogP contribution in [-0.2, 0) is 36.8 Å². The Morgan fingerprint density at radius 1 is 0.648 bits per heavy atom. The zero-order valence-corrected chi connectivity index (χ0v) is 29.7. The van der Waals surface area contributed by atoms with Crippen molar-refractivity contribution in [1.29, 1.82) is 0 Å². The zero-order chi connectivity index (χ0) is 38.5. The fraction of sp³-hybridized carbons (Fsp3) is 0.293. The van der Waals surface area contributed by atoms with Gasteiger partial charge in [-0.05, 0) is 71.3 Å². The van der Waals surface area contributed by atoms with Gasteiger partial charge in [0, 0.05) is 18.8 Å². The molecule has 8 N–H and O–H groups in total. The number of nitrogens with one attached hydrogen (secondary N) is 4. The molecule has 1 aliphatic rings. The molecule has 13 nitrogen and oxygen atoms in total. The summed E-state index contributed by atoms with van der Waals surface area (Å²) in [6, 6.07) is 27.5. The maximum Gasteiger partial charge on any atom is 0.407 e. The van der Waals surface area contributed by atoms with Crippen molar-refractivity contribution in [1.82, 2.24) is 21.3 Å². The fourth-order valence-electron chi connectivity index (χ4n) is 6.51. The first-order chi connectivity index (χ1) is 26.1. The smallest absolute Gasteiger partial charge is 0.407 e. The van der Waals surface area contributed by atoms with Crippen LogP contribution in [0.15, 0.2) is 103 Å². The van der Waals surface area contributed by atoms with Crippen LogP contribution in [0.4, 0.5) is 4.79 Å². The number of alkyl carbamates (subject to hydrolysis) is 1. The Morgan fingerprint density at radius 3 is 1.80 bits per heavy atom. The van der Waals surface area contributed by atoms with E-state index < -0.39 is 54.5 Å². The van der Waals surface area contributed by atoms with Crippen molar-refractivity contribution in [2.24, 2.45) is 5.73 Å². The van der Waals surface area contributed by atoms with Gasteiger partial charge in [-0.25, -0.2) is 4.79 Å². The summed E-state index contributed by atoms with van der Waals surface area (Å²) in [5, 5.41) is 29.2. The molecule has 4 aromatic rings. The average Bonchev–Trinajstić information content (AvgIpc) is 3.49. The van der Waals surface area contributed by atoms with E-state index >= 15 is 0 Å². The number of hydrogen-bond acceptors (Lipinski definition) is 8. The molecule has 0 bridgehead atoms. The van der Waals surface area contributed by atoms with Gasteiger partial charge in [-0.2, -0.15) is 0 Å². The minimum absolute atomic E-state index is 0.00842. The summed E-state index contributed by atoms with van der Waals surface area (Å²) in [6.07, 6.45) is 0.449. The summed E-state index contributed by atoms with van der Waals surface area (Å²) in [5.74, 6) is -3.53. The lowest BCUT2D eigenvalue weighted by molar-refractivity contribution is -0.138. The van der Waals surface area contributed by atoms with Gasteiger partial charge in [0.1, 0.15) is 37.0 Å². The number of rotatable bonds is 18. The number of phenolic OH excluding ortho intramolecular Hbond substituents is 1. The highest BCUT2D eigenvalue weighted by Gasteiger charge is 2.32. The molecule has 0 spiro atoms. The van der Waals surface area contributed by atoms with Crippen LogP contribution in [0.1, 0.15) is 47.4 Å². The van der Waals surface area contributed by atoms with E-state index in [1.54, 1.807) is 12.1 Å². The van der Waals surface area contributed by atoms with Crippen molar-refractivity contribution in [2.75, 3.05) is 19.7 Å². The molecule has 3 atom stereocenters. The van der Waals surface area contributed by atoms with Crippen molar-refractivity contribution in [3.8, 4) is 16.9 Å². The summed E-state index contributed by atoms with van der Waals surface area (Å²) in [5.41, 5.74) is 11.3. The van der Waals surface area contributed by atoms with E-state index in [4.69, 9.17) is 15.6 Å². The maximum atomic E-state index is 14.0. The van der Waals surface area contributed by atoms with E-state index in [2.05, 4.69) is 21.3 Å². The summed E-state index contributed by atoms with van der Waals surface area (Å²) in [6.45, 7) is -0.278. The van der Waals surface area contributed by atoms with E-state index in [1.165, 1.54) is 12.1 Å². The van der Waals surface area contributed by atoms with E-state index in [9.17, 15) is 29.1 Å². The molecule has 4 aromatic carbocycles. The molecule has 0 saturated heterocycles. The number of phenols is 1. The molecule has 13 heteroatoms. The number of carbonyl (C=O) groups excluding carboxylic acids is 4. The zero-order valence-electron chi connectivity index (χ0n) is 29.7. The molecule has 0 aliphatic heterocycles. The van der Waals surface area contributed by atoms with Gasteiger partial charge in [-0.15, -0.1) is 0 Å². The summed E-state index contributed by atoms with van der Waals surface area (Å²) < 4.78 is 5.75. The Balaban J connectivity index is 1.31.